The number of aryl methyl sites for hydroxylation is 1. The second-order valence-corrected chi connectivity index (χ2v) is 8.72. The number of aromatic amines is 1. The van der Waals surface area contributed by atoms with E-state index in [9.17, 15) is 0 Å². The molecule has 2 aliphatic rings. The van der Waals surface area contributed by atoms with E-state index in [0.717, 1.165) is 13.0 Å². The van der Waals surface area contributed by atoms with Crippen molar-refractivity contribution in [2.75, 3.05) is 6.54 Å². The first-order chi connectivity index (χ1) is 13.2. The van der Waals surface area contributed by atoms with Gasteiger partial charge in [-0.1, -0.05) is 61.5 Å². The van der Waals surface area contributed by atoms with Crippen LogP contribution >= 0.6 is 0 Å². The Labute approximate surface area is 161 Å². The molecule has 1 aliphatic carbocycles. The van der Waals surface area contributed by atoms with Gasteiger partial charge in [-0.15, -0.1) is 0 Å². The molecule has 2 heteroatoms. The monoisotopic (exact) mass is 356 g/mol. The van der Waals surface area contributed by atoms with Gasteiger partial charge in [0.15, 0.2) is 0 Å². The van der Waals surface area contributed by atoms with Gasteiger partial charge < -0.3 is 10.3 Å². The largest absolute Gasteiger partial charge is 0.358 e. The fourth-order valence-electron chi connectivity index (χ4n) is 5.18. The molecule has 0 spiro atoms. The normalized spacial score (nSPS) is 25.2. The standard InChI is InChI=1S/C25H28N2/c1-25(13-11-24-22(17-25)21-9-5-6-10-23(21)27-24)16-20-15-19(12-14-26-20)18-7-3-2-4-8-18/h2-10,12,20,26-27H,11,13-17H2,1H3. The van der Waals surface area contributed by atoms with Gasteiger partial charge in [-0.05, 0) is 60.3 Å². The number of fused-ring (bicyclic) bond motifs is 3. The zero-order chi connectivity index (χ0) is 18.3. The van der Waals surface area contributed by atoms with E-state index in [1.807, 2.05) is 0 Å². The van der Waals surface area contributed by atoms with Gasteiger partial charge >= 0.3 is 0 Å². The number of aromatic nitrogens is 1. The summed E-state index contributed by atoms with van der Waals surface area (Å²) in [4.78, 5) is 3.66. The zero-order valence-corrected chi connectivity index (χ0v) is 16.1. The molecule has 2 atom stereocenters. The van der Waals surface area contributed by atoms with E-state index in [1.165, 1.54) is 53.4 Å². The minimum Gasteiger partial charge on any atom is -0.358 e. The fraction of sp³-hybridized carbons (Fsp3) is 0.360. The van der Waals surface area contributed by atoms with Crippen molar-refractivity contribution in [3.8, 4) is 0 Å². The third-order valence-corrected chi connectivity index (χ3v) is 6.59. The second-order valence-electron chi connectivity index (χ2n) is 8.72. The highest BCUT2D eigenvalue weighted by molar-refractivity contribution is 5.85. The minimum atomic E-state index is 0.370. The third kappa shape index (κ3) is 3.23. The maximum atomic E-state index is 3.76. The highest BCUT2D eigenvalue weighted by atomic mass is 14.9. The second kappa shape index (κ2) is 6.69. The lowest BCUT2D eigenvalue weighted by Gasteiger charge is -2.38. The quantitative estimate of drug-likeness (QED) is 0.637. The molecular formula is C25H28N2. The van der Waals surface area contributed by atoms with Gasteiger partial charge in [0.1, 0.15) is 0 Å². The summed E-state index contributed by atoms with van der Waals surface area (Å²) in [6.07, 6.45) is 8.39. The molecule has 138 valence electrons. The molecule has 1 aromatic heterocycles. The Morgan fingerprint density at radius 3 is 2.74 bits per heavy atom. The molecule has 2 N–H and O–H groups in total. The van der Waals surface area contributed by atoms with E-state index in [-0.39, 0.29) is 0 Å². The van der Waals surface area contributed by atoms with Crippen molar-refractivity contribution < 1.29 is 0 Å². The first-order valence-electron chi connectivity index (χ1n) is 10.3. The van der Waals surface area contributed by atoms with Gasteiger partial charge in [0.05, 0.1) is 0 Å². The van der Waals surface area contributed by atoms with E-state index in [4.69, 9.17) is 0 Å². The van der Waals surface area contributed by atoms with Crippen molar-refractivity contribution in [3.05, 3.63) is 77.5 Å². The Morgan fingerprint density at radius 2 is 1.85 bits per heavy atom. The van der Waals surface area contributed by atoms with Crippen molar-refractivity contribution in [2.24, 2.45) is 5.41 Å². The van der Waals surface area contributed by atoms with Crippen molar-refractivity contribution in [3.63, 3.8) is 0 Å². The summed E-state index contributed by atoms with van der Waals surface area (Å²) < 4.78 is 0. The maximum Gasteiger partial charge on any atom is 0.0458 e. The van der Waals surface area contributed by atoms with Gasteiger partial charge in [0.25, 0.3) is 0 Å². The Balaban J connectivity index is 1.34. The average Bonchev–Trinajstić information content (AvgIpc) is 3.06. The van der Waals surface area contributed by atoms with Crippen LogP contribution in [0, 0.1) is 5.41 Å². The van der Waals surface area contributed by atoms with Gasteiger partial charge in [-0.2, -0.15) is 0 Å². The summed E-state index contributed by atoms with van der Waals surface area (Å²) in [7, 11) is 0. The van der Waals surface area contributed by atoms with Crippen LogP contribution in [0.15, 0.2) is 60.7 Å². The van der Waals surface area contributed by atoms with Crippen LogP contribution < -0.4 is 5.32 Å². The van der Waals surface area contributed by atoms with Crippen molar-refractivity contribution in [2.45, 2.75) is 45.1 Å². The van der Waals surface area contributed by atoms with Gasteiger partial charge in [0.2, 0.25) is 0 Å². The van der Waals surface area contributed by atoms with Crippen LogP contribution in [-0.4, -0.2) is 17.6 Å². The van der Waals surface area contributed by atoms with Crippen molar-refractivity contribution in [1.82, 2.24) is 10.3 Å². The molecule has 0 saturated heterocycles. The Hall–Kier alpha value is -2.32. The molecule has 0 fully saturated rings. The Morgan fingerprint density at radius 1 is 1.04 bits per heavy atom. The van der Waals surface area contributed by atoms with E-state index in [0.29, 0.717) is 11.5 Å². The van der Waals surface area contributed by atoms with Gasteiger partial charge in [-0.3, -0.25) is 0 Å². The number of benzene rings is 2. The SMILES string of the molecule is CC1(CC2CC(c3ccccc3)=CCN2)CCc2[nH]c3ccccc3c2C1. The molecule has 2 heterocycles. The molecule has 0 saturated carbocycles. The first-order valence-corrected chi connectivity index (χ1v) is 10.3. The summed E-state index contributed by atoms with van der Waals surface area (Å²) in [6.45, 7) is 3.49. The predicted octanol–water partition coefficient (Wildman–Crippen LogP) is 5.50. The fourth-order valence-corrected chi connectivity index (χ4v) is 5.18. The molecule has 2 nitrogen and oxygen atoms in total. The summed E-state index contributed by atoms with van der Waals surface area (Å²) in [5, 5.41) is 5.19. The van der Waals surface area contributed by atoms with Crippen LogP contribution in [0.2, 0.25) is 0 Å². The number of rotatable bonds is 3. The number of nitrogens with one attached hydrogen (secondary N) is 2. The molecule has 3 aromatic rings. The predicted molar refractivity (Wildman–Crippen MR) is 114 cm³/mol. The summed E-state index contributed by atoms with van der Waals surface area (Å²) in [5.41, 5.74) is 7.60. The van der Waals surface area contributed by atoms with Crippen LogP contribution in [0.5, 0.6) is 0 Å². The van der Waals surface area contributed by atoms with E-state index in [1.54, 1.807) is 5.56 Å². The molecule has 0 bridgehead atoms. The summed E-state index contributed by atoms with van der Waals surface area (Å²) in [6, 6.07) is 20.3. The van der Waals surface area contributed by atoms with Crippen LogP contribution in [-0.2, 0) is 12.8 Å². The lowest BCUT2D eigenvalue weighted by molar-refractivity contribution is 0.221. The highest BCUT2D eigenvalue weighted by Crippen LogP contribution is 2.42. The average molecular weight is 357 g/mol. The molecule has 27 heavy (non-hydrogen) atoms. The summed E-state index contributed by atoms with van der Waals surface area (Å²) >= 11 is 0. The molecule has 5 rings (SSSR count). The first kappa shape index (κ1) is 16.8. The van der Waals surface area contributed by atoms with Gasteiger partial charge in [0, 0.05) is 29.2 Å². The van der Waals surface area contributed by atoms with Crippen LogP contribution in [0.1, 0.15) is 43.0 Å². The topological polar surface area (TPSA) is 27.8 Å². The number of hydrogen-bond acceptors (Lipinski definition) is 1. The smallest absolute Gasteiger partial charge is 0.0458 e. The molecule has 1 aliphatic heterocycles. The highest BCUT2D eigenvalue weighted by Gasteiger charge is 2.34. The number of para-hydroxylation sites is 1. The van der Waals surface area contributed by atoms with E-state index >= 15 is 0 Å². The maximum absolute atomic E-state index is 3.76. The lowest BCUT2D eigenvalue weighted by atomic mass is 9.69. The van der Waals surface area contributed by atoms with Crippen molar-refractivity contribution >= 4 is 16.5 Å². The molecule has 2 aromatic carbocycles. The lowest BCUT2D eigenvalue weighted by Crippen LogP contribution is -2.39. The van der Waals surface area contributed by atoms with Gasteiger partial charge in [-0.25, -0.2) is 0 Å². The van der Waals surface area contributed by atoms with Crippen LogP contribution in [0.3, 0.4) is 0 Å². The van der Waals surface area contributed by atoms with E-state index in [2.05, 4.69) is 77.9 Å². The van der Waals surface area contributed by atoms with Crippen LogP contribution in [0.25, 0.3) is 16.5 Å². The van der Waals surface area contributed by atoms with Crippen LogP contribution in [0.4, 0.5) is 0 Å². The molecule has 2 unspecified atom stereocenters. The minimum absolute atomic E-state index is 0.370. The number of hydrogen-bond donors (Lipinski definition) is 2. The van der Waals surface area contributed by atoms with Crippen molar-refractivity contribution in [1.29, 1.82) is 0 Å². The molecule has 0 amide bonds. The van der Waals surface area contributed by atoms with E-state index < -0.39 is 0 Å². The zero-order valence-electron chi connectivity index (χ0n) is 16.1. The summed E-state index contributed by atoms with van der Waals surface area (Å²) in [5.74, 6) is 0. The Kier molecular flexibility index (Phi) is 4.17. The third-order valence-electron chi connectivity index (χ3n) is 6.59. The number of H-pyrrole nitrogens is 1. The Bertz CT molecular complexity index is 982. The molecule has 0 radical (unpaired) electrons. The molecular weight excluding hydrogens is 328 g/mol.